The third-order valence-corrected chi connectivity index (χ3v) is 11.7. The zero-order valence-electron chi connectivity index (χ0n) is 28.2. The SMILES string of the molecule is Cn1nc(-c2c(C3(CCO)CC3)c(Cl)cc3[nH]ncc23)c2[nH]c3nc(OC[C@@]45CCCN4C/C(=C\F)C5)nc(N4CCOC[C@@](C)(O)C4)c3c21. The van der Waals surface area contributed by atoms with Crippen LogP contribution in [0.3, 0.4) is 0 Å². The monoisotopic (exact) mass is 705 g/mol. The fraction of sp³-hybridized carbons (Fsp3) is 0.543. The zero-order chi connectivity index (χ0) is 34.4. The first-order chi connectivity index (χ1) is 24.1. The van der Waals surface area contributed by atoms with Gasteiger partial charge in [-0.25, -0.2) is 4.39 Å². The number of halogens is 2. The van der Waals surface area contributed by atoms with Crippen molar-refractivity contribution in [1.82, 2.24) is 39.8 Å². The summed E-state index contributed by atoms with van der Waals surface area (Å²) in [6.45, 7) is 5.07. The highest BCUT2D eigenvalue weighted by molar-refractivity contribution is 6.33. The lowest BCUT2D eigenvalue weighted by Crippen LogP contribution is -2.43. The molecule has 0 bridgehead atoms. The van der Waals surface area contributed by atoms with Crippen molar-refractivity contribution in [3.05, 3.63) is 34.8 Å². The summed E-state index contributed by atoms with van der Waals surface area (Å²) in [7, 11) is 1.90. The highest BCUT2D eigenvalue weighted by Gasteiger charge is 2.49. The van der Waals surface area contributed by atoms with Crippen LogP contribution in [0.25, 0.3) is 44.2 Å². The van der Waals surface area contributed by atoms with Gasteiger partial charge in [0.15, 0.2) is 0 Å². The highest BCUT2D eigenvalue weighted by Crippen LogP contribution is 2.57. The van der Waals surface area contributed by atoms with Crippen LogP contribution in [-0.4, -0.2) is 114 Å². The largest absolute Gasteiger partial charge is 0.461 e. The number of aromatic nitrogens is 7. The van der Waals surface area contributed by atoms with Crippen LogP contribution in [0, 0.1) is 0 Å². The summed E-state index contributed by atoms with van der Waals surface area (Å²) in [5.41, 5.74) is 4.59. The molecular formula is C35H41ClFN9O4. The smallest absolute Gasteiger partial charge is 0.320 e. The molecule has 9 rings (SSSR count). The summed E-state index contributed by atoms with van der Waals surface area (Å²) < 4.78 is 27.7. The number of aliphatic hydroxyl groups is 2. The molecule has 3 saturated heterocycles. The van der Waals surface area contributed by atoms with E-state index in [1.165, 1.54) is 0 Å². The molecule has 1 aliphatic carbocycles. The van der Waals surface area contributed by atoms with Crippen molar-refractivity contribution in [2.75, 3.05) is 57.5 Å². The second-order valence-corrected chi connectivity index (χ2v) is 15.4. The lowest BCUT2D eigenvalue weighted by Gasteiger charge is -2.31. The number of anilines is 1. The Morgan fingerprint density at radius 3 is 2.88 bits per heavy atom. The van der Waals surface area contributed by atoms with Gasteiger partial charge in [-0.3, -0.25) is 14.7 Å². The Morgan fingerprint density at radius 1 is 1.22 bits per heavy atom. The molecule has 264 valence electrons. The summed E-state index contributed by atoms with van der Waals surface area (Å²) in [6.07, 6.45) is 7.54. The average Bonchev–Trinajstić information content (AvgIpc) is 3.47. The van der Waals surface area contributed by atoms with Gasteiger partial charge in [-0.2, -0.15) is 20.2 Å². The Hall–Kier alpha value is -3.82. The third-order valence-electron chi connectivity index (χ3n) is 11.4. The second kappa shape index (κ2) is 11.6. The quantitative estimate of drug-likeness (QED) is 0.181. The summed E-state index contributed by atoms with van der Waals surface area (Å²) in [4.78, 5) is 17.9. The van der Waals surface area contributed by atoms with Crippen LogP contribution in [0.4, 0.5) is 10.2 Å². The molecule has 13 nitrogen and oxygen atoms in total. The van der Waals surface area contributed by atoms with Crippen LogP contribution in [0.1, 0.15) is 51.0 Å². The number of nitrogens with one attached hydrogen (secondary N) is 2. The van der Waals surface area contributed by atoms with Crippen LogP contribution in [0.15, 0.2) is 24.2 Å². The minimum Gasteiger partial charge on any atom is -0.461 e. The number of aryl methyl sites for hydroxylation is 1. The van der Waals surface area contributed by atoms with E-state index in [1.54, 1.807) is 13.1 Å². The molecule has 0 spiro atoms. The number of β-amino-alcohol motifs (C(OH)–C–C–N with tert-alkyl or cyclic N) is 1. The normalized spacial score (nSPS) is 26.1. The average molecular weight is 706 g/mol. The summed E-state index contributed by atoms with van der Waals surface area (Å²) >= 11 is 7.06. The molecule has 50 heavy (non-hydrogen) atoms. The van der Waals surface area contributed by atoms with Crippen LogP contribution >= 0.6 is 11.6 Å². The number of hydrogen-bond donors (Lipinski definition) is 4. The van der Waals surface area contributed by atoms with E-state index in [2.05, 4.69) is 20.1 Å². The molecule has 1 saturated carbocycles. The van der Waals surface area contributed by atoms with E-state index in [-0.39, 0.29) is 36.7 Å². The van der Waals surface area contributed by atoms with Crippen LogP contribution < -0.4 is 9.64 Å². The van der Waals surface area contributed by atoms with Crippen LogP contribution in [0.2, 0.25) is 5.02 Å². The Bertz CT molecular complexity index is 2170. The fourth-order valence-electron chi connectivity index (χ4n) is 8.90. The lowest BCUT2D eigenvalue weighted by atomic mass is 9.85. The van der Waals surface area contributed by atoms with Crippen molar-refractivity contribution >= 4 is 50.4 Å². The fourth-order valence-corrected chi connectivity index (χ4v) is 9.30. The van der Waals surface area contributed by atoms with Gasteiger partial charge in [-0.05, 0) is 74.6 Å². The number of rotatable bonds is 8. The molecule has 4 N–H and O–H groups in total. The first-order valence-electron chi connectivity index (χ1n) is 17.4. The number of aliphatic hydroxyl groups excluding tert-OH is 1. The molecule has 0 amide bonds. The predicted molar refractivity (Wildman–Crippen MR) is 187 cm³/mol. The molecule has 7 heterocycles. The van der Waals surface area contributed by atoms with Crippen molar-refractivity contribution in [3.8, 4) is 17.3 Å². The molecule has 5 aromatic rings. The van der Waals surface area contributed by atoms with Crippen molar-refractivity contribution in [2.24, 2.45) is 7.05 Å². The zero-order valence-corrected chi connectivity index (χ0v) is 29.0. The van der Waals surface area contributed by atoms with Gasteiger partial charge in [-0.1, -0.05) is 11.6 Å². The Kier molecular flexibility index (Phi) is 7.45. The summed E-state index contributed by atoms with van der Waals surface area (Å²) in [6, 6.07) is 2.12. The summed E-state index contributed by atoms with van der Waals surface area (Å²) in [5.74, 6) is 0.604. The van der Waals surface area contributed by atoms with Crippen LogP contribution in [0.5, 0.6) is 6.01 Å². The van der Waals surface area contributed by atoms with E-state index < -0.39 is 5.60 Å². The molecule has 4 aromatic heterocycles. The van der Waals surface area contributed by atoms with Crippen molar-refractivity contribution in [2.45, 2.75) is 62.0 Å². The minimum atomic E-state index is -1.11. The number of ether oxygens (including phenoxy) is 2. The molecule has 3 aliphatic heterocycles. The number of benzene rings is 1. The number of hydrogen-bond acceptors (Lipinski definition) is 10. The number of fused-ring (bicyclic) bond motifs is 5. The topological polar surface area (TPSA) is 153 Å². The van der Waals surface area contributed by atoms with E-state index in [4.69, 9.17) is 36.1 Å². The van der Waals surface area contributed by atoms with Gasteiger partial charge in [0.1, 0.15) is 29.4 Å². The first-order valence-corrected chi connectivity index (χ1v) is 17.8. The maximum atomic E-state index is 13.6. The molecule has 1 aromatic carbocycles. The standard InChI is InChI=1S/C35H41ClFN9O4/c1-33(48)17-45(9-11-49-18-33)31-25-29-28(39-30(25)40-32(41-31)50-19-35-4-3-8-46(35)16-20(13-35)14-37)27(43-44(29)2)24-21-15-38-42-23(21)12-22(36)26(24)34(5-6-34)7-10-47/h12,14-15,47-48H,3-11,13,16-19H2,1-2H3,(H,38,42)(H,39,40,41)/b20-14-/t33-,35-/m0/s1. The van der Waals surface area contributed by atoms with Gasteiger partial charge in [0, 0.05) is 42.7 Å². The Balaban J connectivity index is 1.23. The van der Waals surface area contributed by atoms with Crippen molar-refractivity contribution < 1.29 is 24.1 Å². The Morgan fingerprint density at radius 2 is 2.08 bits per heavy atom. The maximum absolute atomic E-state index is 13.6. The molecule has 0 radical (unpaired) electrons. The van der Waals surface area contributed by atoms with Crippen molar-refractivity contribution in [3.63, 3.8) is 0 Å². The molecular weight excluding hydrogens is 665 g/mol. The number of nitrogens with zero attached hydrogens (tertiary/aromatic N) is 7. The lowest BCUT2D eigenvalue weighted by molar-refractivity contribution is -0.0123. The highest BCUT2D eigenvalue weighted by atomic mass is 35.5. The van der Waals surface area contributed by atoms with Crippen LogP contribution in [-0.2, 0) is 17.2 Å². The molecule has 4 aliphatic rings. The molecule has 4 fully saturated rings. The van der Waals surface area contributed by atoms with Crippen molar-refractivity contribution in [1.29, 1.82) is 0 Å². The van der Waals surface area contributed by atoms with E-state index >= 15 is 0 Å². The van der Waals surface area contributed by atoms with Gasteiger partial charge >= 0.3 is 6.01 Å². The second-order valence-electron chi connectivity index (χ2n) is 15.0. The van der Waals surface area contributed by atoms with E-state index in [9.17, 15) is 14.6 Å². The van der Waals surface area contributed by atoms with E-state index in [0.717, 1.165) is 82.6 Å². The predicted octanol–water partition coefficient (Wildman–Crippen LogP) is 4.51. The molecule has 15 heteroatoms. The van der Waals surface area contributed by atoms with E-state index in [1.807, 2.05) is 22.7 Å². The molecule has 2 atom stereocenters. The number of aromatic amines is 2. The van der Waals surface area contributed by atoms with Gasteiger partial charge in [-0.15, -0.1) is 0 Å². The van der Waals surface area contributed by atoms with E-state index in [0.29, 0.717) is 61.3 Å². The molecule has 0 unspecified atom stereocenters. The minimum absolute atomic E-state index is 0.0543. The number of H-pyrrole nitrogens is 2. The van der Waals surface area contributed by atoms with Gasteiger partial charge < -0.3 is 29.6 Å². The Labute approximate surface area is 292 Å². The maximum Gasteiger partial charge on any atom is 0.320 e. The third kappa shape index (κ3) is 5.01. The van der Waals surface area contributed by atoms with Gasteiger partial charge in [0.05, 0.1) is 59.8 Å². The van der Waals surface area contributed by atoms with Gasteiger partial charge in [0.2, 0.25) is 0 Å². The first kappa shape index (κ1) is 32.1. The van der Waals surface area contributed by atoms with Gasteiger partial charge in [0.25, 0.3) is 0 Å². The summed E-state index contributed by atoms with van der Waals surface area (Å²) in [5, 5.41) is 36.1.